The van der Waals surface area contributed by atoms with E-state index in [9.17, 15) is 4.79 Å². The molecule has 5 nitrogen and oxygen atoms in total. The topological polar surface area (TPSA) is 80.0 Å². The molecule has 3 unspecified atom stereocenters. The standard InChI is InChI=1S/C15H26N4OS/c1-4-7-17-15-19-13(16)12(21-15)14(20)18-11-6-5-9(2)8-10(11)3/h9-11H,4-8,16H2,1-3H3,(H,17,19)(H,18,20). The second-order valence-electron chi connectivity index (χ2n) is 6.14. The van der Waals surface area contributed by atoms with Crippen LogP contribution in [0, 0.1) is 11.8 Å². The molecule has 1 aliphatic carbocycles. The molecule has 21 heavy (non-hydrogen) atoms. The van der Waals surface area contributed by atoms with Crippen LogP contribution in [-0.4, -0.2) is 23.5 Å². The van der Waals surface area contributed by atoms with Gasteiger partial charge < -0.3 is 16.4 Å². The van der Waals surface area contributed by atoms with Gasteiger partial charge in [-0.25, -0.2) is 4.98 Å². The van der Waals surface area contributed by atoms with Gasteiger partial charge in [0.25, 0.3) is 5.91 Å². The Morgan fingerprint density at radius 3 is 2.86 bits per heavy atom. The van der Waals surface area contributed by atoms with Crippen molar-refractivity contribution >= 4 is 28.2 Å². The van der Waals surface area contributed by atoms with Gasteiger partial charge in [0.05, 0.1) is 0 Å². The summed E-state index contributed by atoms with van der Waals surface area (Å²) in [5, 5.41) is 7.04. The van der Waals surface area contributed by atoms with Crippen molar-refractivity contribution in [2.75, 3.05) is 17.6 Å². The van der Waals surface area contributed by atoms with E-state index >= 15 is 0 Å². The van der Waals surface area contributed by atoms with Crippen LogP contribution in [0.5, 0.6) is 0 Å². The summed E-state index contributed by atoms with van der Waals surface area (Å²) < 4.78 is 0. The highest BCUT2D eigenvalue weighted by atomic mass is 32.1. The van der Waals surface area contributed by atoms with Crippen LogP contribution in [0.25, 0.3) is 0 Å². The molecule has 0 aromatic carbocycles. The molecular weight excluding hydrogens is 284 g/mol. The van der Waals surface area contributed by atoms with E-state index in [4.69, 9.17) is 5.73 Å². The highest BCUT2D eigenvalue weighted by molar-refractivity contribution is 7.18. The van der Waals surface area contributed by atoms with Gasteiger partial charge in [0.2, 0.25) is 0 Å². The summed E-state index contributed by atoms with van der Waals surface area (Å²) in [6.45, 7) is 7.42. The van der Waals surface area contributed by atoms with E-state index < -0.39 is 0 Å². The summed E-state index contributed by atoms with van der Waals surface area (Å²) in [5.74, 6) is 1.52. The monoisotopic (exact) mass is 310 g/mol. The second kappa shape index (κ2) is 7.11. The minimum absolute atomic E-state index is 0.0825. The number of nitrogens with zero attached hydrogens (tertiary/aromatic N) is 1. The number of amides is 1. The van der Waals surface area contributed by atoms with Crippen molar-refractivity contribution in [2.24, 2.45) is 11.8 Å². The molecule has 4 N–H and O–H groups in total. The van der Waals surface area contributed by atoms with Gasteiger partial charge in [0, 0.05) is 12.6 Å². The van der Waals surface area contributed by atoms with Gasteiger partial charge in [0.1, 0.15) is 10.7 Å². The minimum Gasteiger partial charge on any atom is -0.382 e. The molecule has 1 fully saturated rings. The molecule has 0 saturated heterocycles. The molecule has 0 spiro atoms. The third-order valence-electron chi connectivity index (χ3n) is 4.13. The highest BCUT2D eigenvalue weighted by Crippen LogP contribution is 2.30. The van der Waals surface area contributed by atoms with E-state index in [-0.39, 0.29) is 11.9 Å². The molecule has 2 rings (SSSR count). The lowest BCUT2D eigenvalue weighted by Crippen LogP contribution is -2.42. The Bertz CT molecular complexity index is 488. The van der Waals surface area contributed by atoms with E-state index in [1.54, 1.807) is 0 Å². The van der Waals surface area contributed by atoms with Crippen molar-refractivity contribution in [2.45, 2.75) is 52.5 Å². The Morgan fingerprint density at radius 1 is 1.43 bits per heavy atom. The third kappa shape index (κ3) is 4.09. The summed E-state index contributed by atoms with van der Waals surface area (Å²) in [6.07, 6.45) is 4.41. The van der Waals surface area contributed by atoms with Crippen molar-refractivity contribution < 1.29 is 4.79 Å². The van der Waals surface area contributed by atoms with Gasteiger partial charge in [-0.1, -0.05) is 32.1 Å². The first-order valence-corrected chi connectivity index (χ1v) is 8.64. The van der Waals surface area contributed by atoms with Crippen molar-refractivity contribution in [1.82, 2.24) is 10.3 Å². The van der Waals surface area contributed by atoms with Crippen molar-refractivity contribution in [3.8, 4) is 0 Å². The zero-order valence-electron chi connectivity index (χ0n) is 13.1. The molecule has 0 bridgehead atoms. The molecule has 1 aromatic heterocycles. The molecule has 6 heteroatoms. The maximum absolute atomic E-state index is 12.4. The molecule has 1 saturated carbocycles. The average molecular weight is 310 g/mol. The van der Waals surface area contributed by atoms with Gasteiger partial charge in [-0.2, -0.15) is 0 Å². The van der Waals surface area contributed by atoms with Crippen LogP contribution in [0.3, 0.4) is 0 Å². The molecule has 3 atom stereocenters. The Labute approximate surface area is 130 Å². The van der Waals surface area contributed by atoms with Crippen molar-refractivity contribution in [3.63, 3.8) is 0 Å². The van der Waals surface area contributed by atoms with Crippen LogP contribution in [0.15, 0.2) is 0 Å². The third-order valence-corrected chi connectivity index (χ3v) is 5.16. The summed E-state index contributed by atoms with van der Waals surface area (Å²) in [7, 11) is 0. The maximum atomic E-state index is 12.4. The number of aromatic nitrogens is 1. The van der Waals surface area contributed by atoms with Crippen LogP contribution < -0.4 is 16.4 Å². The smallest absolute Gasteiger partial charge is 0.265 e. The van der Waals surface area contributed by atoms with Crippen molar-refractivity contribution in [1.29, 1.82) is 0 Å². The lowest BCUT2D eigenvalue weighted by atomic mass is 9.80. The predicted molar refractivity (Wildman–Crippen MR) is 88.7 cm³/mol. The summed E-state index contributed by atoms with van der Waals surface area (Å²) >= 11 is 1.34. The molecule has 1 heterocycles. The number of hydrogen-bond acceptors (Lipinski definition) is 5. The molecule has 0 aliphatic heterocycles. The fraction of sp³-hybridized carbons (Fsp3) is 0.733. The molecular formula is C15H26N4OS. The second-order valence-corrected chi connectivity index (χ2v) is 7.13. The normalized spacial score (nSPS) is 25.6. The lowest BCUT2D eigenvalue weighted by molar-refractivity contribution is 0.0904. The fourth-order valence-electron chi connectivity index (χ4n) is 2.92. The molecule has 1 amide bonds. The van der Waals surface area contributed by atoms with Crippen LogP contribution in [0.2, 0.25) is 0 Å². The number of carbonyl (C=O) groups is 1. The number of thiazole rings is 1. The summed E-state index contributed by atoms with van der Waals surface area (Å²) in [6, 6.07) is 0.252. The number of nitrogens with one attached hydrogen (secondary N) is 2. The molecule has 1 aromatic rings. The number of rotatable bonds is 5. The van der Waals surface area contributed by atoms with Crippen LogP contribution in [-0.2, 0) is 0 Å². The average Bonchev–Trinajstić information content (AvgIpc) is 2.81. The maximum Gasteiger partial charge on any atom is 0.265 e. The van der Waals surface area contributed by atoms with Gasteiger partial charge in [-0.05, 0) is 37.5 Å². The van der Waals surface area contributed by atoms with E-state index in [0.717, 1.165) is 30.4 Å². The van der Waals surface area contributed by atoms with Crippen LogP contribution >= 0.6 is 11.3 Å². The number of hydrogen-bond donors (Lipinski definition) is 3. The van der Waals surface area contributed by atoms with Gasteiger partial charge in [-0.15, -0.1) is 0 Å². The summed E-state index contributed by atoms with van der Waals surface area (Å²) in [4.78, 5) is 17.1. The first-order valence-electron chi connectivity index (χ1n) is 7.82. The van der Waals surface area contributed by atoms with Gasteiger partial charge in [0.15, 0.2) is 5.13 Å². The Morgan fingerprint density at radius 2 is 2.19 bits per heavy atom. The quantitative estimate of drug-likeness (QED) is 0.780. The zero-order valence-corrected chi connectivity index (χ0v) is 13.9. The van der Waals surface area contributed by atoms with E-state index in [1.807, 2.05) is 0 Å². The highest BCUT2D eigenvalue weighted by Gasteiger charge is 2.28. The molecule has 1 aliphatic rings. The number of nitrogens with two attached hydrogens (primary N) is 1. The van der Waals surface area contributed by atoms with Gasteiger partial charge >= 0.3 is 0 Å². The van der Waals surface area contributed by atoms with E-state index in [2.05, 4.69) is 36.4 Å². The molecule has 0 radical (unpaired) electrons. The number of carbonyl (C=O) groups excluding carboxylic acids is 1. The Balaban J connectivity index is 1.98. The minimum atomic E-state index is -0.0825. The fourth-order valence-corrected chi connectivity index (χ4v) is 3.73. The Kier molecular flexibility index (Phi) is 5.45. The number of anilines is 2. The van der Waals surface area contributed by atoms with Crippen molar-refractivity contribution in [3.05, 3.63) is 4.88 Å². The summed E-state index contributed by atoms with van der Waals surface area (Å²) in [5.41, 5.74) is 5.87. The first kappa shape index (κ1) is 16.1. The zero-order chi connectivity index (χ0) is 15.4. The Hall–Kier alpha value is -1.30. The van der Waals surface area contributed by atoms with Crippen LogP contribution in [0.4, 0.5) is 10.9 Å². The predicted octanol–water partition coefficient (Wildman–Crippen LogP) is 3.10. The van der Waals surface area contributed by atoms with E-state index in [1.165, 1.54) is 24.2 Å². The first-order chi connectivity index (χ1) is 10.0. The number of nitrogen functional groups attached to an aromatic ring is 1. The SMILES string of the molecule is CCCNc1nc(N)c(C(=O)NC2CCC(C)CC2C)s1. The van der Waals surface area contributed by atoms with E-state index in [0.29, 0.717) is 16.6 Å². The van der Waals surface area contributed by atoms with Gasteiger partial charge in [-0.3, -0.25) is 4.79 Å². The lowest BCUT2D eigenvalue weighted by Gasteiger charge is -2.33. The largest absolute Gasteiger partial charge is 0.382 e. The molecule has 118 valence electrons. The van der Waals surface area contributed by atoms with Crippen LogP contribution in [0.1, 0.15) is 56.1 Å².